The highest BCUT2D eigenvalue weighted by Crippen LogP contribution is 2.35. The van der Waals surface area contributed by atoms with Crippen molar-refractivity contribution in [2.24, 2.45) is 0 Å². The first-order valence-corrected chi connectivity index (χ1v) is 11.4. The topological polar surface area (TPSA) is 99.1 Å². The van der Waals surface area contributed by atoms with Crippen molar-refractivity contribution in [3.05, 3.63) is 71.3 Å². The molecule has 2 amide bonds. The number of fused-ring (bicyclic) bond motifs is 1. The number of nitrogens with one attached hydrogen (secondary N) is 3. The maximum Gasteiger partial charge on any atom is 0.323 e. The quantitative estimate of drug-likeness (QED) is 0.266. The fraction of sp³-hybridized carbons (Fsp3) is 0.231. The molecule has 0 aliphatic carbocycles. The van der Waals surface area contributed by atoms with Gasteiger partial charge in [-0.1, -0.05) is 32.0 Å². The molecule has 1 aromatic heterocycles. The number of benzene rings is 3. The van der Waals surface area contributed by atoms with E-state index in [2.05, 4.69) is 25.7 Å². The van der Waals surface area contributed by atoms with Crippen LogP contribution in [0.2, 0.25) is 0 Å². The van der Waals surface area contributed by atoms with Crippen LogP contribution in [0.4, 0.5) is 30.8 Å². The van der Waals surface area contributed by atoms with Gasteiger partial charge in [-0.3, -0.25) is 10.00 Å². The molecule has 9 heteroatoms. The van der Waals surface area contributed by atoms with E-state index in [4.69, 9.17) is 5.73 Å². The molecule has 7 nitrogen and oxygen atoms in total. The third kappa shape index (κ3) is 5.09. The van der Waals surface area contributed by atoms with Crippen LogP contribution in [0.3, 0.4) is 0 Å². The Bertz CT molecular complexity index is 1360. The zero-order valence-electron chi connectivity index (χ0n) is 19.9. The number of rotatable bonds is 7. The Morgan fingerprint density at radius 2 is 1.77 bits per heavy atom. The minimum atomic E-state index is -0.563. The van der Waals surface area contributed by atoms with Crippen molar-refractivity contribution in [3.8, 4) is 11.1 Å². The smallest absolute Gasteiger partial charge is 0.323 e. The fourth-order valence-corrected chi connectivity index (χ4v) is 4.04. The third-order valence-electron chi connectivity index (χ3n) is 6.00. The Morgan fingerprint density at radius 3 is 2.46 bits per heavy atom. The van der Waals surface area contributed by atoms with Gasteiger partial charge in [-0.15, -0.1) is 0 Å². The Morgan fingerprint density at radius 1 is 1.06 bits per heavy atom. The lowest BCUT2D eigenvalue weighted by molar-refractivity contribution is 0.262. The highest BCUT2D eigenvalue weighted by molar-refractivity contribution is 6.03. The lowest BCUT2D eigenvalue weighted by Crippen LogP contribution is -2.22. The highest BCUT2D eigenvalue weighted by atomic mass is 19.1. The molecule has 0 bridgehead atoms. The molecule has 0 radical (unpaired) electrons. The zero-order valence-corrected chi connectivity index (χ0v) is 19.9. The van der Waals surface area contributed by atoms with E-state index in [1.165, 1.54) is 6.07 Å². The Balaban J connectivity index is 1.61. The molecule has 0 unspecified atom stereocenters. The van der Waals surface area contributed by atoms with Crippen LogP contribution in [0.15, 0.2) is 48.5 Å². The minimum Gasteiger partial charge on any atom is -0.382 e. The lowest BCUT2D eigenvalue weighted by Gasteiger charge is -2.19. The van der Waals surface area contributed by atoms with Gasteiger partial charge in [-0.2, -0.15) is 5.10 Å². The molecule has 182 valence electrons. The summed E-state index contributed by atoms with van der Waals surface area (Å²) in [5.41, 5.74) is 9.85. The maximum atomic E-state index is 15.2. The molecule has 5 N–H and O–H groups in total. The monoisotopic (exact) mass is 478 g/mol. The standard InChI is InChI=1S/C26H28F2N6O/c1-4-34(5-2)14-17-13-19(22-24(23(17)28)32-33-25(22)29)16-7-9-18(10-8-16)30-26(35)31-21-12-15(3)6-11-20(21)27/h6-13H,4-5,14H2,1-3H3,(H3,29,32,33)(H2,30,31,35). The number of hydrogen-bond donors (Lipinski definition) is 4. The van der Waals surface area contributed by atoms with E-state index in [1.54, 1.807) is 30.3 Å². The molecule has 0 saturated heterocycles. The first-order valence-electron chi connectivity index (χ1n) is 11.4. The van der Waals surface area contributed by atoms with E-state index in [-0.39, 0.29) is 22.8 Å². The van der Waals surface area contributed by atoms with Crippen LogP contribution < -0.4 is 16.4 Å². The summed E-state index contributed by atoms with van der Waals surface area (Å²) in [4.78, 5) is 14.5. The van der Waals surface area contributed by atoms with Crippen LogP contribution in [-0.2, 0) is 6.54 Å². The van der Waals surface area contributed by atoms with Gasteiger partial charge in [-0.25, -0.2) is 13.6 Å². The fourth-order valence-electron chi connectivity index (χ4n) is 4.04. The number of aromatic nitrogens is 2. The summed E-state index contributed by atoms with van der Waals surface area (Å²) in [6.45, 7) is 7.92. The normalized spacial score (nSPS) is 11.3. The van der Waals surface area contributed by atoms with E-state index >= 15 is 4.39 Å². The molecule has 4 aromatic rings. The predicted octanol–water partition coefficient (Wildman–Crippen LogP) is 5.88. The third-order valence-corrected chi connectivity index (χ3v) is 6.00. The molecule has 0 spiro atoms. The van der Waals surface area contributed by atoms with Crippen LogP contribution in [-0.4, -0.2) is 34.2 Å². The van der Waals surface area contributed by atoms with Gasteiger partial charge in [0.05, 0.1) is 11.1 Å². The SMILES string of the molecule is CCN(CC)Cc1cc(-c2ccc(NC(=O)Nc3cc(C)ccc3F)cc2)c2c(N)n[nH]c2c1F. The number of nitrogens with zero attached hydrogens (tertiary/aromatic N) is 2. The number of carbonyl (C=O) groups is 1. The molecule has 35 heavy (non-hydrogen) atoms. The molecular weight excluding hydrogens is 450 g/mol. The second kappa shape index (κ2) is 10.1. The molecule has 0 atom stereocenters. The number of amides is 2. The van der Waals surface area contributed by atoms with Crippen molar-refractivity contribution in [3.63, 3.8) is 0 Å². The van der Waals surface area contributed by atoms with Crippen LogP contribution in [0.5, 0.6) is 0 Å². The Hall–Kier alpha value is -3.98. The number of hydrogen-bond acceptors (Lipinski definition) is 4. The summed E-state index contributed by atoms with van der Waals surface area (Å²) in [5.74, 6) is -0.664. The van der Waals surface area contributed by atoms with Crippen molar-refractivity contribution in [1.29, 1.82) is 0 Å². The van der Waals surface area contributed by atoms with Gasteiger partial charge in [0.2, 0.25) is 0 Å². The van der Waals surface area contributed by atoms with Crippen molar-refractivity contribution in [1.82, 2.24) is 15.1 Å². The maximum absolute atomic E-state index is 15.2. The van der Waals surface area contributed by atoms with Crippen LogP contribution >= 0.6 is 0 Å². The largest absolute Gasteiger partial charge is 0.382 e. The van der Waals surface area contributed by atoms with Crippen LogP contribution in [0, 0.1) is 18.6 Å². The molecule has 1 heterocycles. The number of halogens is 2. The van der Waals surface area contributed by atoms with Crippen LogP contribution in [0.1, 0.15) is 25.0 Å². The summed E-state index contributed by atoms with van der Waals surface area (Å²) < 4.78 is 29.2. The van der Waals surface area contributed by atoms with Gasteiger partial charge in [-0.05, 0) is 67.0 Å². The summed E-state index contributed by atoms with van der Waals surface area (Å²) in [6.07, 6.45) is 0. The van der Waals surface area contributed by atoms with E-state index in [9.17, 15) is 9.18 Å². The van der Waals surface area contributed by atoms with Crippen molar-refractivity contribution in [2.75, 3.05) is 29.5 Å². The number of urea groups is 1. The molecular formula is C26H28F2N6O. The van der Waals surface area contributed by atoms with Gasteiger partial charge in [0.1, 0.15) is 11.3 Å². The molecule has 3 aromatic carbocycles. The van der Waals surface area contributed by atoms with E-state index in [1.807, 2.05) is 32.9 Å². The van der Waals surface area contributed by atoms with E-state index < -0.39 is 11.8 Å². The number of nitrogens with two attached hydrogens (primary N) is 1. The number of carbonyl (C=O) groups excluding carboxylic acids is 1. The van der Waals surface area contributed by atoms with Gasteiger partial charge < -0.3 is 16.4 Å². The van der Waals surface area contributed by atoms with Crippen molar-refractivity contribution >= 4 is 34.1 Å². The van der Waals surface area contributed by atoms with Gasteiger partial charge in [0, 0.05) is 17.8 Å². The van der Waals surface area contributed by atoms with E-state index in [0.717, 1.165) is 29.8 Å². The molecule has 0 saturated carbocycles. The second-order valence-electron chi connectivity index (χ2n) is 8.36. The first kappa shape index (κ1) is 24.2. The number of aromatic amines is 1. The molecule has 0 aliphatic rings. The molecule has 4 rings (SSSR count). The summed E-state index contributed by atoms with van der Waals surface area (Å²) in [6, 6.07) is 12.8. The number of aryl methyl sites for hydroxylation is 1. The van der Waals surface area contributed by atoms with Gasteiger partial charge >= 0.3 is 6.03 Å². The van der Waals surface area contributed by atoms with E-state index in [0.29, 0.717) is 23.2 Å². The van der Waals surface area contributed by atoms with Crippen molar-refractivity contribution in [2.45, 2.75) is 27.3 Å². The van der Waals surface area contributed by atoms with Crippen LogP contribution in [0.25, 0.3) is 22.0 Å². The molecule has 0 aliphatic heterocycles. The zero-order chi connectivity index (χ0) is 25.1. The summed E-state index contributed by atoms with van der Waals surface area (Å²) in [5, 5.41) is 12.5. The average molecular weight is 479 g/mol. The second-order valence-corrected chi connectivity index (χ2v) is 8.36. The highest BCUT2D eigenvalue weighted by Gasteiger charge is 2.19. The predicted molar refractivity (Wildman–Crippen MR) is 136 cm³/mol. The number of anilines is 3. The minimum absolute atomic E-state index is 0.101. The average Bonchev–Trinajstić information content (AvgIpc) is 3.23. The van der Waals surface area contributed by atoms with Crippen molar-refractivity contribution < 1.29 is 13.6 Å². The summed E-state index contributed by atoms with van der Waals surface area (Å²) in [7, 11) is 0. The first-order chi connectivity index (χ1) is 16.8. The number of nitrogen functional groups attached to an aromatic ring is 1. The van der Waals surface area contributed by atoms with Gasteiger partial charge in [0.25, 0.3) is 0 Å². The Kier molecular flexibility index (Phi) is 6.97. The Labute approximate surface area is 202 Å². The number of H-pyrrole nitrogens is 1. The molecule has 0 fully saturated rings. The lowest BCUT2D eigenvalue weighted by atomic mass is 9.97. The van der Waals surface area contributed by atoms with Gasteiger partial charge in [0.15, 0.2) is 11.6 Å². The summed E-state index contributed by atoms with van der Waals surface area (Å²) >= 11 is 0.